The molecule has 1 N–H and O–H groups in total. The van der Waals surface area contributed by atoms with Gasteiger partial charge in [0.05, 0.1) is 51.7 Å². The molecule has 1 fully saturated rings. The lowest BCUT2D eigenvalue weighted by Crippen LogP contribution is -2.53. The second-order valence-electron chi connectivity index (χ2n) is 8.18. The number of ether oxygens (including phenoxy) is 5. The molecule has 1 aromatic rings. The molecule has 33 heavy (non-hydrogen) atoms. The van der Waals surface area contributed by atoms with Gasteiger partial charge >= 0.3 is 17.9 Å². The third-order valence-corrected chi connectivity index (χ3v) is 5.78. The first-order chi connectivity index (χ1) is 15.7. The van der Waals surface area contributed by atoms with Gasteiger partial charge in [-0.25, -0.2) is 0 Å². The van der Waals surface area contributed by atoms with E-state index in [1.807, 2.05) is 30.3 Å². The van der Waals surface area contributed by atoms with E-state index in [0.29, 0.717) is 6.61 Å². The van der Waals surface area contributed by atoms with E-state index in [0.717, 1.165) is 5.56 Å². The molecule has 1 saturated heterocycles. The summed E-state index contributed by atoms with van der Waals surface area (Å²) in [6, 6.07) is 9.55. The van der Waals surface area contributed by atoms with E-state index >= 15 is 0 Å². The maximum absolute atomic E-state index is 12.0. The van der Waals surface area contributed by atoms with Gasteiger partial charge in [-0.15, -0.1) is 0 Å². The monoisotopic (exact) mass is 466 g/mol. The van der Waals surface area contributed by atoms with Crippen LogP contribution in [0.5, 0.6) is 0 Å². The molecular formula is C24H34O9. The maximum Gasteiger partial charge on any atom is 0.308 e. The molecule has 0 bridgehead atoms. The molecule has 0 aliphatic carbocycles. The summed E-state index contributed by atoms with van der Waals surface area (Å²) in [6.45, 7) is 3.36. The Morgan fingerprint density at radius 1 is 1.12 bits per heavy atom. The zero-order valence-electron chi connectivity index (χ0n) is 19.6. The number of hydrogen-bond donors (Lipinski definition) is 1. The van der Waals surface area contributed by atoms with Crippen LogP contribution in [-0.2, 0) is 44.7 Å². The lowest BCUT2D eigenvalue weighted by Gasteiger charge is -2.43. The third-order valence-electron chi connectivity index (χ3n) is 5.78. The number of aliphatic hydroxyl groups excluding tert-OH is 1. The average Bonchev–Trinajstić information content (AvgIpc) is 2.81. The summed E-state index contributed by atoms with van der Waals surface area (Å²) in [5, 5.41) is 10.9. The molecule has 0 saturated carbocycles. The molecule has 184 valence electrons. The van der Waals surface area contributed by atoms with Crippen LogP contribution in [0.1, 0.15) is 45.1 Å². The number of aliphatic hydroxyl groups is 1. The molecule has 0 amide bonds. The molecule has 0 radical (unpaired) electrons. The maximum atomic E-state index is 12.0. The van der Waals surface area contributed by atoms with E-state index in [1.54, 1.807) is 6.92 Å². The van der Waals surface area contributed by atoms with Crippen molar-refractivity contribution in [2.75, 3.05) is 14.2 Å². The molecule has 0 aromatic heterocycles. The van der Waals surface area contributed by atoms with Gasteiger partial charge in [0.25, 0.3) is 0 Å². The highest BCUT2D eigenvalue weighted by Crippen LogP contribution is 2.32. The van der Waals surface area contributed by atoms with Gasteiger partial charge in [0, 0.05) is 25.7 Å². The fourth-order valence-corrected chi connectivity index (χ4v) is 3.97. The predicted molar refractivity (Wildman–Crippen MR) is 117 cm³/mol. The Kier molecular flexibility index (Phi) is 10.8. The fraction of sp³-hybridized carbons (Fsp3) is 0.625. The van der Waals surface area contributed by atoms with E-state index in [2.05, 4.69) is 4.74 Å². The standard InChI is InChI=1S/C24H34O9/c1-15(19(32-16(2)25)10-11-22(27)29-3)24-18(26)12-20(21(33-24)13-23(28)30-4)31-14-17-8-6-5-7-9-17/h5-9,15,18-21,24,26H,10-14H2,1-4H3/t15-,18+,19-,20+,21?,24+/m0/s1. The number of rotatable bonds is 11. The average molecular weight is 467 g/mol. The largest absolute Gasteiger partial charge is 0.469 e. The summed E-state index contributed by atoms with van der Waals surface area (Å²) in [5.41, 5.74) is 0.956. The summed E-state index contributed by atoms with van der Waals surface area (Å²) < 4.78 is 27.0. The van der Waals surface area contributed by atoms with Crippen LogP contribution in [0.15, 0.2) is 30.3 Å². The van der Waals surface area contributed by atoms with Crippen LogP contribution < -0.4 is 0 Å². The van der Waals surface area contributed by atoms with E-state index < -0.39 is 54.3 Å². The second-order valence-corrected chi connectivity index (χ2v) is 8.18. The van der Waals surface area contributed by atoms with E-state index in [9.17, 15) is 19.5 Å². The minimum Gasteiger partial charge on any atom is -0.469 e. The van der Waals surface area contributed by atoms with Gasteiger partial charge in [0.2, 0.25) is 0 Å². The molecule has 0 spiro atoms. The first-order valence-electron chi connectivity index (χ1n) is 11.0. The summed E-state index contributed by atoms with van der Waals surface area (Å²) >= 11 is 0. The van der Waals surface area contributed by atoms with Gasteiger partial charge in [-0.05, 0) is 12.0 Å². The highest BCUT2D eigenvalue weighted by molar-refractivity contribution is 5.70. The number of benzene rings is 1. The number of methoxy groups -OCH3 is 2. The number of esters is 3. The molecular weight excluding hydrogens is 432 g/mol. The Morgan fingerprint density at radius 2 is 1.79 bits per heavy atom. The van der Waals surface area contributed by atoms with E-state index in [-0.39, 0.29) is 25.7 Å². The van der Waals surface area contributed by atoms with Crippen molar-refractivity contribution in [3.8, 4) is 0 Å². The van der Waals surface area contributed by atoms with Crippen molar-refractivity contribution in [2.45, 2.75) is 76.7 Å². The second kappa shape index (κ2) is 13.3. The van der Waals surface area contributed by atoms with Crippen LogP contribution in [0.2, 0.25) is 0 Å². The topological polar surface area (TPSA) is 118 Å². The van der Waals surface area contributed by atoms with Crippen LogP contribution in [0, 0.1) is 5.92 Å². The molecule has 1 unspecified atom stereocenters. The Bertz CT molecular complexity index is 766. The van der Waals surface area contributed by atoms with Gasteiger partial charge < -0.3 is 28.8 Å². The zero-order chi connectivity index (χ0) is 24.4. The first kappa shape index (κ1) is 26.8. The Hall–Kier alpha value is -2.49. The molecule has 2 rings (SSSR count). The van der Waals surface area contributed by atoms with Gasteiger partial charge in [0.1, 0.15) is 6.10 Å². The van der Waals surface area contributed by atoms with Gasteiger partial charge in [0.15, 0.2) is 0 Å². The molecule has 1 aliphatic rings. The number of carbonyl (C=O) groups excluding carboxylic acids is 3. The summed E-state index contributed by atoms with van der Waals surface area (Å²) in [6.07, 6.45) is -3.09. The van der Waals surface area contributed by atoms with Crippen LogP contribution >= 0.6 is 0 Å². The lowest BCUT2D eigenvalue weighted by molar-refractivity contribution is -0.215. The zero-order valence-corrected chi connectivity index (χ0v) is 19.6. The third kappa shape index (κ3) is 8.42. The van der Waals surface area contributed by atoms with E-state index in [4.69, 9.17) is 18.9 Å². The molecule has 6 atom stereocenters. The quantitative estimate of drug-likeness (QED) is 0.387. The Balaban J connectivity index is 2.13. The fourth-order valence-electron chi connectivity index (χ4n) is 3.97. The SMILES string of the molecule is COC(=O)CC[C@H](OC(C)=O)[C@H](C)[C@H]1OC(CC(=O)OC)[C@H](OCc2ccccc2)C[C@H]1O. The van der Waals surface area contributed by atoms with Gasteiger partial charge in [-0.3, -0.25) is 14.4 Å². The van der Waals surface area contributed by atoms with E-state index in [1.165, 1.54) is 21.1 Å². The lowest BCUT2D eigenvalue weighted by atomic mass is 9.85. The number of carbonyl (C=O) groups is 3. The predicted octanol–water partition coefficient (Wildman–Crippen LogP) is 2.17. The summed E-state index contributed by atoms with van der Waals surface area (Å²) in [7, 11) is 2.58. The van der Waals surface area contributed by atoms with Crippen LogP contribution in [0.4, 0.5) is 0 Å². The smallest absolute Gasteiger partial charge is 0.308 e. The van der Waals surface area contributed by atoms with Crippen molar-refractivity contribution in [1.82, 2.24) is 0 Å². The van der Waals surface area contributed by atoms with Crippen molar-refractivity contribution < 1.29 is 43.2 Å². The highest BCUT2D eigenvalue weighted by Gasteiger charge is 2.43. The first-order valence-corrected chi connectivity index (χ1v) is 11.0. The minimum absolute atomic E-state index is 0.0493. The Morgan fingerprint density at radius 3 is 2.39 bits per heavy atom. The van der Waals surface area contributed by atoms with Crippen molar-refractivity contribution >= 4 is 17.9 Å². The van der Waals surface area contributed by atoms with Crippen molar-refractivity contribution in [3.63, 3.8) is 0 Å². The van der Waals surface area contributed by atoms with Crippen molar-refractivity contribution in [2.24, 2.45) is 5.92 Å². The molecule has 1 aromatic carbocycles. The van der Waals surface area contributed by atoms with Crippen LogP contribution in [0.25, 0.3) is 0 Å². The van der Waals surface area contributed by atoms with Crippen molar-refractivity contribution in [3.05, 3.63) is 35.9 Å². The Labute approximate surface area is 194 Å². The van der Waals surface area contributed by atoms with Crippen LogP contribution in [0.3, 0.4) is 0 Å². The molecule has 9 nitrogen and oxygen atoms in total. The number of hydrogen-bond acceptors (Lipinski definition) is 9. The highest BCUT2D eigenvalue weighted by atomic mass is 16.6. The van der Waals surface area contributed by atoms with Crippen molar-refractivity contribution in [1.29, 1.82) is 0 Å². The van der Waals surface area contributed by atoms with Gasteiger partial charge in [-0.2, -0.15) is 0 Å². The minimum atomic E-state index is -0.925. The summed E-state index contributed by atoms with van der Waals surface area (Å²) in [5.74, 6) is -1.85. The molecule has 9 heteroatoms. The molecule has 1 heterocycles. The molecule has 1 aliphatic heterocycles. The van der Waals surface area contributed by atoms with Crippen LogP contribution in [-0.4, -0.2) is 67.8 Å². The van der Waals surface area contributed by atoms with Gasteiger partial charge in [-0.1, -0.05) is 37.3 Å². The summed E-state index contributed by atoms with van der Waals surface area (Å²) in [4.78, 5) is 35.2. The normalized spacial score (nSPS) is 24.4.